The molecule has 0 unspecified atom stereocenters. The van der Waals surface area contributed by atoms with Gasteiger partial charge in [-0.2, -0.15) is 0 Å². The zero-order valence-electron chi connectivity index (χ0n) is 13.3. The predicted molar refractivity (Wildman–Crippen MR) is 91.6 cm³/mol. The number of amides is 2. The topological polar surface area (TPSA) is 41.6 Å². The molecule has 3 fully saturated rings. The minimum atomic E-state index is 0.114. The Morgan fingerprint density at radius 2 is 1.87 bits per heavy atom. The van der Waals surface area contributed by atoms with Gasteiger partial charge in [-0.25, -0.2) is 4.79 Å². The predicted octanol–water partition coefficient (Wildman–Crippen LogP) is 2.99. The van der Waals surface area contributed by atoms with E-state index in [9.17, 15) is 4.79 Å². The Morgan fingerprint density at radius 3 is 2.57 bits per heavy atom. The maximum absolute atomic E-state index is 12.3. The molecule has 1 N–H and O–H groups in total. The van der Waals surface area contributed by atoms with Gasteiger partial charge in [0.15, 0.2) is 0 Å². The zero-order chi connectivity index (χ0) is 15.6. The quantitative estimate of drug-likeness (QED) is 0.666. The molecule has 3 saturated heterocycles. The lowest BCUT2D eigenvalue weighted by atomic mass is 9.82. The highest BCUT2D eigenvalue weighted by atomic mass is 32.2. The lowest BCUT2D eigenvalue weighted by Gasteiger charge is -2.19. The van der Waals surface area contributed by atoms with Crippen LogP contribution < -0.4 is 5.32 Å². The third-order valence-electron chi connectivity index (χ3n) is 5.35. The highest BCUT2D eigenvalue weighted by Gasteiger charge is 2.53. The molecule has 2 bridgehead atoms. The molecule has 3 heterocycles. The van der Waals surface area contributed by atoms with Gasteiger partial charge >= 0.3 is 6.03 Å². The smallest absolute Gasteiger partial charge is 0.317 e. The zero-order valence-corrected chi connectivity index (χ0v) is 14.1. The van der Waals surface area contributed by atoms with E-state index in [0.29, 0.717) is 24.0 Å². The molecule has 4 atom stereocenters. The van der Waals surface area contributed by atoms with Crippen LogP contribution in [0.2, 0.25) is 0 Å². The summed E-state index contributed by atoms with van der Waals surface area (Å²) in [6.07, 6.45) is 4.23. The number of likely N-dealkylation sites (tertiary alicyclic amines) is 1. The maximum Gasteiger partial charge on any atom is 0.317 e. The second kappa shape index (κ2) is 6.73. The molecule has 4 nitrogen and oxygen atoms in total. The fourth-order valence-corrected chi connectivity index (χ4v) is 5.09. The molecule has 0 aromatic heterocycles. The lowest BCUT2D eigenvalue weighted by molar-refractivity contribution is 0.0739. The van der Waals surface area contributed by atoms with Crippen LogP contribution in [0.1, 0.15) is 19.3 Å². The normalized spacial score (nSPS) is 31.4. The van der Waals surface area contributed by atoms with Crippen LogP contribution in [0.25, 0.3) is 0 Å². The average molecular weight is 332 g/mol. The molecule has 0 aliphatic carbocycles. The molecule has 0 spiro atoms. The van der Waals surface area contributed by atoms with E-state index in [4.69, 9.17) is 4.74 Å². The molecule has 1 aromatic rings. The number of hydrogen-bond acceptors (Lipinski definition) is 3. The van der Waals surface area contributed by atoms with Gasteiger partial charge < -0.3 is 15.0 Å². The number of hydrogen-bond donors (Lipinski definition) is 1. The minimum Gasteiger partial charge on any atom is -0.374 e. The third kappa shape index (κ3) is 3.22. The first-order chi connectivity index (χ1) is 11.3. The van der Waals surface area contributed by atoms with Crippen molar-refractivity contribution in [1.29, 1.82) is 0 Å². The van der Waals surface area contributed by atoms with Crippen LogP contribution in [0.5, 0.6) is 0 Å². The molecule has 124 valence electrons. The number of thioether (sulfide) groups is 1. The summed E-state index contributed by atoms with van der Waals surface area (Å²) in [4.78, 5) is 15.6. The van der Waals surface area contributed by atoms with E-state index in [0.717, 1.165) is 31.8 Å². The number of ether oxygens (including phenoxy) is 1. The molecule has 0 radical (unpaired) electrons. The molecule has 5 heteroatoms. The third-order valence-corrected chi connectivity index (χ3v) is 6.45. The summed E-state index contributed by atoms with van der Waals surface area (Å²) in [5.74, 6) is 2.22. The van der Waals surface area contributed by atoms with Crippen molar-refractivity contribution in [2.24, 2.45) is 11.8 Å². The number of carbonyl (C=O) groups excluding carboxylic acids is 1. The van der Waals surface area contributed by atoms with Gasteiger partial charge in [-0.3, -0.25) is 0 Å². The number of carbonyl (C=O) groups is 1. The average Bonchev–Trinajstić information content (AvgIpc) is 3.28. The summed E-state index contributed by atoms with van der Waals surface area (Å²) in [6.45, 7) is 2.53. The van der Waals surface area contributed by atoms with Gasteiger partial charge in [0.2, 0.25) is 0 Å². The Balaban J connectivity index is 1.16. The fourth-order valence-electron chi connectivity index (χ4n) is 4.21. The highest BCUT2D eigenvalue weighted by Crippen LogP contribution is 2.47. The summed E-state index contributed by atoms with van der Waals surface area (Å²) in [5, 5.41) is 3.08. The molecular formula is C18H24N2O2S. The van der Waals surface area contributed by atoms with E-state index in [1.165, 1.54) is 17.7 Å². The van der Waals surface area contributed by atoms with Crippen LogP contribution >= 0.6 is 11.8 Å². The van der Waals surface area contributed by atoms with E-state index in [1.807, 2.05) is 22.7 Å². The number of urea groups is 1. The SMILES string of the molecule is O=C(NCCCSc1ccccc1)N1C[C@@H]2[C@@H](C1)[C@H]1CC[C@H]2O1. The summed E-state index contributed by atoms with van der Waals surface area (Å²) < 4.78 is 5.96. The van der Waals surface area contributed by atoms with Gasteiger partial charge in [0.25, 0.3) is 0 Å². The van der Waals surface area contributed by atoms with Crippen LogP contribution in [-0.2, 0) is 4.74 Å². The van der Waals surface area contributed by atoms with Crippen molar-refractivity contribution in [3.8, 4) is 0 Å². The molecule has 0 saturated carbocycles. The van der Waals surface area contributed by atoms with Crippen LogP contribution in [-0.4, -0.2) is 48.5 Å². The second-order valence-corrected chi connectivity index (χ2v) is 7.94. The van der Waals surface area contributed by atoms with Gasteiger partial charge in [0.1, 0.15) is 0 Å². The van der Waals surface area contributed by atoms with Crippen molar-refractivity contribution >= 4 is 17.8 Å². The monoisotopic (exact) mass is 332 g/mol. The van der Waals surface area contributed by atoms with Crippen LogP contribution in [0.3, 0.4) is 0 Å². The van der Waals surface area contributed by atoms with Crippen molar-refractivity contribution < 1.29 is 9.53 Å². The van der Waals surface area contributed by atoms with Crippen LogP contribution in [0.15, 0.2) is 35.2 Å². The van der Waals surface area contributed by atoms with Gasteiger partial charge in [0.05, 0.1) is 12.2 Å². The highest BCUT2D eigenvalue weighted by molar-refractivity contribution is 7.99. The summed E-state index contributed by atoms with van der Waals surface area (Å²) in [6, 6.07) is 10.5. The number of fused-ring (bicyclic) bond motifs is 5. The molecular weight excluding hydrogens is 308 g/mol. The van der Waals surface area contributed by atoms with Crippen LogP contribution in [0.4, 0.5) is 4.79 Å². The van der Waals surface area contributed by atoms with Gasteiger partial charge in [0, 0.05) is 36.4 Å². The standard InChI is InChI=1S/C18H24N2O2S/c21-18(19-9-4-10-23-13-5-2-1-3-6-13)20-11-14-15(12-20)17-8-7-16(14)22-17/h1-3,5-6,14-17H,4,7-12H2,(H,19,21)/t14-,15-,16-,17-/m1/s1. The Labute approximate surface area is 142 Å². The number of nitrogens with zero attached hydrogens (tertiary/aromatic N) is 1. The fraction of sp³-hybridized carbons (Fsp3) is 0.611. The Morgan fingerprint density at radius 1 is 1.17 bits per heavy atom. The van der Waals surface area contributed by atoms with E-state index in [1.54, 1.807) is 0 Å². The van der Waals surface area contributed by atoms with Gasteiger partial charge in [-0.1, -0.05) is 18.2 Å². The van der Waals surface area contributed by atoms with Crippen molar-refractivity contribution in [3.63, 3.8) is 0 Å². The molecule has 3 aliphatic rings. The number of benzene rings is 1. The van der Waals surface area contributed by atoms with Crippen molar-refractivity contribution in [2.75, 3.05) is 25.4 Å². The number of rotatable bonds is 5. The Bertz CT molecular complexity index is 535. The van der Waals surface area contributed by atoms with Crippen molar-refractivity contribution in [1.82, 2.24) is 10.2 Å². The van der Waals surface area contributed by atoms with Crippen LogP contribution in [0, 0.1) is 11.8 Å². The second-order valence-electron chi connectivity index (χ2n) is 6.77. The van der Waals surface area contributed by atoms with E-state index >= 15 is 0 Å². The summed E-state index contributed by atoms with van der Waals surface area (Å²) in [7, 11) is 0. The number of nitrogens with one attached hydrogen (secondary N) is 1. The molecule has 1 aromatic carbocycles. The van der Waals surface area contributed by atoms with E-state index < -0.39 is 0 Å². The molecule has 3 aliphatic heterocycles. The minimum absolute atomic E-state index is 0.114. The van der Waals surface area contributed by atoms with Gasteiger partial charge in [-0.05, 0) is 37.1 Å². The first-order valence-corrected chi connectivity index (χ1v) is 9.66. The van der Waals surface area contributed by atoms with E-state index in [2.05, 4.69) is 29.6 Å². The Kier molecular flexibility index (Phi) is 4.49. The van der Waals surface area contributed by atoms with E-state index in [-0.39, 0.29) is 6.03 Å². The Hall–Kier alpha value is -1.20. The summed E-state index contributed by atoms with van der Waals surface area (Å²) in [5.41, 5.74) is 0. The van der Waals surface area contributed by atoms with Gasteiger partial charge in [-0.15, -0.1) is 11.8 Å². The van der Waals surface area contributed by atoms with Crippen molar-refractivity contribution in [3.05, 3.63) is 30.3 Å². The first kappa shape index (κ1) is 15.3. The largest absolute Gasteiger partial charge is 0.374 e. The first-order valence-electron chi connectivity index (χ1n) is 8.67. The van der Waals surface area contributed by atoms with Crippen molar-refractivity contribution in [2.45, 2.75) is 36.4 Å². The molecule has 2 amide bonds. The maximum atomic E-state index is 12.3. The summed E-state index contributed by atoms with van der Waals surface area (Å²) >= 11 is 1.85. The molecule has 4 rings (SSSR count). The molecule has 23 heavy (non-hydrogen) atoms. The lowest BCUT2D eigenvalue weighted by Crippen LogP contribution is -2.40.